The number of hydrogen-bond acceptors (Lipinski definition) is 5. The highest BCUT2D eigenvalue weighted by atomic mass is 32.2. The van der Waals surface area contributed by atoms with E-state index < -0.39 is 10.0 Å². The molecule has 2 N–H and O–H groups in total. The van der Waals surface area contributed by atoms with Crippen LogP contribution in [0.3, 0.4) is 0 Å². The molecule has 2 atom stereocenters. The second kappa shape index (κ2) is 6.49. The second-order valence-electron chi connectivity index (χ2n) is 5.62. The SMILES string of the molecule is CS(=O)(=O)N1CCCC(CN2CCOC(CN)C2)C1. The average molecular weight is 291 g/mol. The number of hydrogen-bond donors (Lipinski definition) is 1. The molecule has 0 aliphatic carbocycles. The first-order valence-electron chi connectivity index (χ1n) is 6.98. The van der Waals surface area contributed by atoms with Crippen LogP contribution in [0, 0.1) is 5.92 Å². The molecule has 2 fully saturated rings. The summed E-state index contributed by atoms with van der Waals surface area (Å²) < 4.78 is 30.4. The van der Waals surface area contributed by atoms with Crippen molar-refractivity contribution in [1.82, 2.24) is 9.21 Å². The Labute approximate surface area is 115 Å². The van der Waals surface area contributed by atoms with Gasteiger partial charge in [-0.1, -0.05) is 0 Å². The van der Waals surface area contributed by atoms with Crippen LogP contribution in [0.1, 0.15) is 12.8 Å². The van der Waals surface area contributed by atoms with E-state index in [1.807, 2.05) is 0 Å². The maximum Gasteiger partial charge on any atom is 0.211 e. The molecule has 0 aromatic rings. The molecule has 0 aromatic carbocycles. The Hall–Kier alpha value is -0.210. The summed E-state index contributed by atoms with van der Waals surface area (Å²) in [7, 11) is -3.04. The van der Waals surface area contributed by atoms with Gasteiger partial charge in [0, 0.05) is 39.3 Å². The van der Waals surface area contributed by atoms with E-state index in [1.165, 1.54) is 6.26 Å². The van der Waals surface area contributed by atoms with Crippen molar-refractivity contribution in [1.29, 1.82) is 0 Å². The van der Waals surface area contributed by atoms with Crippen LogP contribution in [0.4, 0.5) is 0 Å². The van der Waals surface area contributed by atoms with Gasteiger partial charge in [-0.05, 0) is 18.8 Å². The van der Waals surface area contributed by atoms with Crippen molar-refractivity contribution in [3.8, 4) is 0 Å². The first-order chi connectivity index (χ1) is 8.99. The van der Waals surface area contributed by atoms with Crippen molar-refractivity contribution in [2.45, 2.75) is 18.9 Å². The standard InChI is InChI=1S/C12H25N3O3S/c1-19(16,17)15-4-2-3-11(9-15)8-14-5-6-18-12(7-13)10-14/h11-12H,2-10,13H2,1H3. The molecular formula is C12H25N3O3S. The molecule has 2 unspecified atom stereocenters. The fourth-order valence-electron chi connectivity index (χ4n) is 2.93. The molecule has 2 saturated heterocycles. The summed E-state index contributed by atoms with van der Waals surface area (Å²) in [6.07, 6.45) is 3.50. The molecule has 2 aliphatic heterocycles. The summed E-state index contributed by atoms with van der Waals surface area (Å²) in [6, 6.07) is 0. The van der Waals surface area contributed by atoms with Crippen LogP contribution >= 0.6 is 0 Å². The van der Waals surface area contributed by atoms with Gasteiger partial charge in [-0.3, -0.25) is 4.90 Å². The molecule has 2 aliphatic rings. The highest BCUT2D eigenvalue weighted by Crippen LogP contribution is 2.20. The Morgan fingerprint density at radius 2 is 2.11 bits per heavy atom. The number of nitrogens with zero attached hydrogens (tertiary/aromatic N) is 2. The van der Waals surface area contributed by atoms with Gasteiger partial charge in [-0.25, -0.2) is 12.7 Å². The Bertz CT molecular complexity index is 388. The molecule has 0 radical (unpaired) electrons. The number of sulfonamides is 1. The normalized spacial score (nSPS) is 31.5. The number of ether oxygens (including phenoxy) is 1. The monoisotopic (exact) mass is 291 g/mol. The fraction of sp³-hybridized carbons (Fsp3) is 1.00. The van der Waals surface area contributed by atoms with Crippen LogP contribution < -0.4 is 5.73 Å². The maximum atomic E-state index is 11.6. The molecule has 2 rings (SSSR count). The molecular weight excluding hydrogens is 266 g/mol. The van der Waals surface area contributed by atoms with E-state index in [-0.39, 0.29) is 6.10 Å². The maximum absolute atomic E-state index is 11.6. The molecule has 6 nitrogen and oxygen atoms in total. The van der Waals surface area contributed by atoms with Crippen molar-refractivity contribution in [2.24, 2.45) is 11.7 Å². The first-order valence-corrected chi connectivity index (χ1v) is 8.83. The number of morpholine rings is 1. The lowest BCUT2D eigenvalue weighted by Gasteiger charge is -2.37. The molecule has 0 spiro atoms. The van der Waals surface area contributed by atoms with Crippen LogP contribution in [0.15, 0.2) is 0 Å². The zero-order chi connectivity index (χ0) is 13.9. The number of piperidine rings is 1. The summed E-state index contributed by atoms with van der Waals surface area (Å²) in [5.41, 5.74) is 5.64. The molecule has 0 aromatic heterocycles. The minimum absolute atomic E-state index is 0.128. The Morgan fingerprint density at radius 3 is 2.79 bits per heavy atom. The lowest BCUT2D eigenvalue weighted by Crippen LogP contribution is -2.49. The van der Waals surface area contributed by atoms with Crippen LogP contribution in [0.2, 0.25) is 0 Å². The molecule has 19 heavy (non-hydrogen) atoms. The summed E-state index contributed by atoms with van der Waals surface area (Å²) in [4.78, 5) is 2.36. The van der Waals surface area contributed by atoms with E-state index in [2.05, 4.69) is 4.90 Å². The molecule has 0 bridgehead atoms. The average Bonchev–Trinajstić information content (AvgIpc) is 2.38. The number of rotatable bonds is 4. The minimum Gasteiger partial charge on any atom is -0.374 e. The van der Waals surface area contributed by atoms with Gasteiger partial charge in [0.2, 0.25) is 10.0 Å². The summed E-state index contributed by atoms with van der Waals surface area (Å²) in [6.45, 7) is 5.35. The van der Waals surface area contributed by atoms with Crippen molar-refractivity contribution < 1.29 is 13.2 Å². The van der Waals surface area contributed by atoms with E-state index in [1.54, 1.807) is 4.31 Å². The lowest BCUT2D eigenvalue weighted by molar-refractivity contribution is -0.0298. The smallest absolute Gasteiger partial charge is 0.211 e. The highest BCUT2D eigenvalue weighted by Gasteiger charge is 2.28. The first kappa shape index (κ1) is 15.2. The fourth-order valence-corrected chi connectivity index (χ4v) is 3.87. The summed E-state index contributed by atoms with van der Waals surface area (Å²) >= 11 is 0. The van der Waals surface area contributed by atoms with Gasteiger partial charge < -0.3 is 10.5 Å². The Morgan fingerprint density at radius 1 is 1.32 bits per heavy atom. The molecule has 112 valence electrons. The van der Waals surface area contributed by atoms with Gasteiger partial charge in [0.05, 0.1) is 19.0 Å². The predicted octanol–water partition coefficient (Wildman–Crippen LogP) is -0.682. The van der Waals surface area contributed by atoms with Gasteiger partial charge in [-0.2, -0.15) is 0 Å². The molecule has 0 amide bonds. The van der Waals surface area contributed by atoms with Crippen LogP contribution in [0.25, 0.3) is 0 Å². The van der Waals surface area contributed by atoms with Crippen molar-refractivity contribution in [3.05, 3.63) is 0 Å². The van der Waals surface area contributed by atoms with Crippen LogP contribution in [0.5, 0.6) is 0 Å². The lowest BCUT2D eigenvalue weighted by atomic mass is 9.98. The quantitative estimate of drug-likeness (QED) is 0.742. The Balaban J connectivity index is 1.85. The predicted molar refractivity (Wildman–Crippen MR) is 74.4 cm³/mol. The van der Waals surface area contributed by atoms with Crippen LogP contribution in [-0.2, 0) is 14.8 Å². The van der Waals surface area contributed by atoms with E-state index >= 15 is 0 Å². The van der Waals surface area contributed by atoms with Crippen LogP contribution in [-0.4, -0.2) is 75.9 Å². The zero-order valence-corrected chi connectivity index (χ0v) is 12.4. The largest absolute Gasteiger partial charge is 0.374 e. The minimum atomic E-state index is -3.04. The van der Waals surface area contributed by atoms with Gasteiger partial charge in [0.1, 0.15) is 0 Å². The van der Waals surface area contributed by atoms with E-state index in [4.69, 9.17) is 10.5 Å². The van der Waals surface area contributed by atoms with Gasteiger partial charge in [-0.15, -0.1) is 0 Å². The van der Waals surface area contributed by atoms with E-state index in [0.29, 0.717) is 25.6 Å². The van der Waals surface area contributed by atoms with E-state index in [0.717, 1.165) is 39.1 Å². The topological polar surface area (TPSA) is 75.9 Å². The van der Waals surface area contributed by atoms with Crippen molar-refractivity contribution >= 4 is 10.0 Å². The van der Waals surface area contributed by atoms with E-state index in [9.17, 15) is 8.42 Å². The third-order valence-corrected chi connectivity index (χ3v) is 5.22. The highest BCUT2D eigenvalue weighted by molar-refractivity contribution is 7.88. The molecule has 0 saturated carbocycles. The zero-order valence-electron chi connectivity index (χ0n) is 11.6. The molecule has 7 heteroatoms. The second-order valence-corrected chi connectivity index (χ2v) is 7.60. The third-order valence-electron chi connectivity index (χ3n) is 3.95. The van der Waals surface area contributed by atoms with Crippen molar-refractivity contribution in [2.75, 3.05) is 52.1 Å². The van der Waals surface area contributed by atoms with Gasteiger partial charge in [0.15, 0.2) is 0 Å². The number of nitrogens with two attached hydrogens (primary N) is 1. The third kappa shape index (κ3) is 4.39. The van der Waals surface area contributed by atoms with Gasteiger partial charge in [0.25, 0.3) is 0 Å². The summed E-state index contributed by atoms with van der Waals surface area (Å²) in [5, 5.41) is 0. The molecule has 2 heterocycles. The van der Waals surface area contributed by atoms with Gasteiger partial charge >= 0.3 is 0 Å². The Kier molecular flexibility index (Phi) is 5.19. The summed E-state index contributed by atoms with van der Waals surface area (Å²) in [5.74, 6) is 0.431. The van der Waals surface area contributed by atoms with Crippen molar-refractivity contribution in [3.63, 3.8) is 0 Å².